The maximum Gasteiger partial charge on any atom is 0.226 e. The van der Waals surface area contributed by atoms with Gasteiger partial charge in [0.25, 0.3) is 0 Å². The van der Waals surface area contributed by atoms with Gasteiger partial charge in [-0.3, -0.25) is 9.59 Å². The molecule has 0 aromatic carbocycles. The van der Waals surface area contributed by atoms with Crippen LogP contribution < -0.4 is 0 Å². The van der Waals surface area contributed by atoms with Gasteiger partial charge in [0.15, 0.2) is 9.84 Å². The normalized spacial score (nSPS) is 32.6. The van der Waals surface area contributed by atoms with E-state index in [0.717, 1.165) is 26.2 Å². The van der Waals surface area contributed by atoms with Crippen molar-refractivity contribution in [3.63, 3.8) is 0 Å². The van der Waals surface area contributed by atoms with Gasteiger partial charge in [-0.25, -0.2) is 8.42 Å². The Hall–Kier alpha value is -1.15. The molecule has 7 nitrogen and oxygen atoms in total. The van der Waals surface area contributed by atoms with E-state index in [1.54, 1.807) is 4.90 Å². The smallest absolute Gasteiger partial charge is 0.226 e. The Morgan fingerprint density at radius 1 is 1.12 bits per heavy atom. The third-order valence-electron chi connectivity index (χ3n) is 5.51. The number of likely N-dealkylation sites (N-methyl/N-ethyl adjacent to an activating group) is 1. The first kappa shape index (κ1) is 17.7. The number of piperazine rings is 1. The quantitative estimate of drug-likeness (QED) is 0.673. The minimum Gasteiger partial charge on any atom is -0.340 e. The Kier molecular flexibility index (Phi) is 4.88. The van der Waals surface area contributed by atoms with Crippen LogP contribution in [0.25, 0.3) is 0 Å². The Bertz CT molecular complexity index is 613. The summed E-state index contributed by atoms with van der Waals surface area (Å²) in [6, 6.07) is -0.215. The summed E-state index contributed by atoms with van der Waals surface area (Å²) in [4.78, 5) is 31.0. The molecule has 1 saturated carbocycles. The van der Waals surface area contributed by atoms with Gasteiger partial charge >= 0.3 is 0 Å². The van der Waals surface area contributed by atoms with Crippen molar-refractivity contribution in [3.05, 3.63) is 0 Å². The summed E-state index contributed by atoms with van der Waals surface area (Å²) in [6.45, 7) is 5.58. The lowest BCUT2D eigenvalue weighted by molar-refractivity contribution is -0.139. The summed E-state index contributed by atoms with van der Waals surface area (Å²) >= 11 is 0. The molecule has 0 bridgehead atoms. The Balaban J connectivity index is 1.57. The first-order valence-electron chi connectivity index (χ1n) is 8.80. The predicted octanol–water partition coefficient (Wildman–Crippen LogP) is -0.568. The minimum absolute atomic E-state index is 0.0351. The molecule has 8 heteroatoms. The Labute approximate surface area is 143 Å². The van der Waals surface area contributed by atoms with Gasteiger partial charge in [-0.1, -0.05) is 0 Å². The zero-order valence-corrected chi connectivity index (χ0v) is 15.3. The molecule has 0 aromatic heterocycles. The van der Waals surface area contributed by atoms with Crippen molar-refractivity contribution in [2.45, 2.75) is 25.8 Å². The van der Waals surface area contributed by atoms with Crippen molar-refractivity contribution in [2.75, 3.05) is 51.3 Å². The molecule has 2 saturated heterocycles. The molecule has 3 rings (SSSR count). The summed E-state index contributed by atoms with van der Waals surface area (Å²) in [5, 5.41) is 0. The molecule has 0 spiro atoms. The van der Waals surface area contributed by atoms with Gasteiger partial charge in [-0.15, -0.1) is 0 Å². The summed E-state index contributed by atoms with van der Waals surface area (Å²) < 4.78 is 23.3. The molecule has 2 amide bonds. The standard InChI is InChI=1S/C16H27N3O4S/c1-3-19(12-4-9-24(22,23)11-12)16(21)14-10-13(14)15(20)18-7-5-17(2)6-8-18/h12-14H,3-11H2,1-2H3. The zero-order valence-electron chi connectivity index (χ0n) is 14.5. The molecular formula is C16H27N3O4S. The predicted molar refractivity (Wildman–Crippen MR) is 90.1 cm³/mol. The fraction of sp³-hybridized carbons (Fsp3) is 0.875. The average molecular weight is 357 g/mol. The number of amides is 2. The van der Waals surface area contributed by atoms with Crippen LogP contribution in [0.15, 0.2) is 0 Å². The van der Waals surface area contributed by atoms with E-state index in [2.05, 4.69) is 4.90 Å². The maximum absolute atomic E-state index is 12.7. The fourth-order valence-corrected chi connectivity index (χ4v) is 5.56. The lowest BCUT2D eigenvalue weighted by atomic mass is 10.1. The largest absolute Gasteiger partial charge is 0.340 e. The van der Waals surface area contributed by atoms with Crippen molar-refractivity contribution >= 4 is 21.7 Å². The molecule has 0 radical (unpaired) electrons. The number of hydrogen-bond donors (Lipinski definition) is 0. The molecule has 24 heavy (non-hydrogen) atoms. The number of carbonyl (C=O) groups is 2. The van der Waals surface area contributed by atoms with Gasteiger partial charge < -0.3 is 14.7 Å². The van der Waals surface area contributed by atoms with Crippen molar-refractivity contribution in [3.8, 4) is 0 Å². The van der Waals surface area contributed by atoms with E-state index < -0.39 is 9.84 Å². The molecule has 1 aliphatic carbocycles. The van der Waals surface area contributed by atoms with Gasteiger partial charge in [0, 0.05) is 38.8 Å². The van der Waals surface area contributed by atoms with Gasteiger partial charge in [-0.2, -0.15) is 0 Å². The molecular weight excluding hydrogens is 330 g/mol. The minimum atomic E-state index is -3.02. The van der Waals surface area contributed by atoms with Crippen LogP contribution in [0.2, 0.25) is 0 Å². The lowest BCUT2D eigenvalue weighted by Crippen LogP contribution is -2.48. The van der Waals surface area contributed by atoms with Crippen molar-refractivity contribution in [2.24, 2.45) is 11.8 Å². The second kappa shape index (κ2) is 6.63. The number of hydrogen-bond acceptors (Lipinski definition) is 5. The number of rotatable bonds is 4. The highest BCUT2D eigenvalue weighted by Gasteiger charge is 2.52. The van der Waals surface area contributed by atoms with Gasteiger partial charge in [0.1, 0.15) is 0 Å². The highest BCUT2D eigenvalue weighted by Crippen LogP contribution is 2.42. The van der Waals surface area contributed by atoms with Crippen molar-refractivity contribution < 1.29 is 18.0 Å². The Morgan fingerprint density at radius 2 is 1.79 bits per heavy atom. The first-order chi connectivity index (χ1) is 11.3. The van der Waals surface area contributed by atoms with E-state index in [4.69, 9.17) is 0 Å². The molecule has 0 aromatic rings. The summed E-state index contributed by atoms with van der Waals surface area (Å²) in [5.74, 6) is -0.163. The molecule has 136 valence electrons. The van der Waals surface area contributed by atoms with Crippen molar-refractivity contribution in [1.29, 1.82) is 0 Å². The van der Waals surface area contributed by atoms with E-state index >= 15 is 0 Å². The van der Waals surface area contributed by atoms with Crippen LogP contribution in [-0.2, 0) is 19.4 Å². The highest BCUT2D eigenvalue weighted by molar-refractivity contribution is 7.91. The van der Waals surface area contributed by atoms with Gasteiger partial charge in [-0.05, 0) is 26.8 Å². The number of sulfone groups is 1. The van der Waals surface area contributed by atoms with Gasteiger partial charge in [0.2, 0.25) is 11.8 Å². The Morgan fingerprint density at radius 3 is 2.33 bits per heavy atom. The van der Waals surface area contributed by atoms with Crippen LogP contribution in [0.1, 0.15) is 19.8 Å². The maximum atomic E-state index is 12.7. The van der Waals surface area contributed by atoms with Gasteiger partial charge in [0.05, 0.1) is 23.3 Å². The van der Waals surface area contributed by atoms with E-state index in [1.807, 2.05) is 18.9 Å². The second-order valence-electron chi connectivity index (χ2n) is 7.26. The van der Waals surface area contributed by atoms with E-state index in [1.165, 1.54) is 0 Å². The van der Waals surface area contributed by atoms with Crippen LogP contribution >= 0.6 is 0 Å². The summed E-state index contributed by atoms with van der Waals surface area (Å²) in [6.07, 6.45) is 1.13. The molecule has 0 N–H and O–H groups in total. The molecule has 3 atom stereocenters. The molecule has 2 aliphatic heterocycles. The zero-order chi connectivity index (χ0) is 17.5. The van der Waals surface area contributed by atoms with Crippen LogP contribution in [-0.4, -0.2) is 92.3 Å². The van der Waals surface area contributed by atoms with E-state index in [0.29, 0.717) is 19.4 Å². The molecule has 3 unspecified atom stereocenters. The van der Waals surface area contributed by atoms with Crippen LogP contribution in [0.3, 0.4) is 0 Å². The van der Waals surface area contributed by atoms with E-state index in [-0.39, 0.29) is 41.2 Å². The lowest BCUT2D eigenvalue weighted by Gasteiger charge is -2.33. The number of nitrogens with zero attached hydrogens (tertiary/aromatic N) is 3. The second-order valence-corrected chi connectivity index (χ2v) is 9.49. The average Bonchev–Trinajstić information content (AvgIpc) is 3.26. The van der Waals surface area contributed by atoms with Crippen LogP contribution in [0.5, 0.6) is 0 Å². The van der Waals surface area contributed by atoms with Crippen molar-refractivity contribution in [1.82, 2.24) is 14.7 Å². The van der Waals surface area contributed by atoms with E-state index in [9.17, 15) is 18.0 Å². The first-order valence-corrected chi connectivity index (χ1v) is 10.6. The van der Waals surface area contributed by atoms with Crippen LogP contribution in [0.4, 0.5) is 0 Å². The molecule has 3 fully saturated rings. The summed E-state index contributed by atoms with van der Waals surface area (Å²) in [7, 11) is -0.974. The highest BCUT2D eigenvalue weighted by atomic mass is 32.2. The topological polar surface area (TPSA) is 78.0 Å². The number of carbonyl (C=O) groups excluding carboxylic acids is 2. The third kappa shape index (κ3) is 3.59. The SMILES string of the molecule is CCN(C(=O)C1CC1C(=O)N1CCN(C)CC1)C1CCS(=O)(=O)C1. The summed E-state index contributed by atoms with van der Waals surface area (Å²) in [5.41, 5.74) is 0. The molecule has 2 heterocycles. The fourth-order valence-electron chi connectivity index (χ4n) is 3.83. The molecule has 3 aliphatic rings. The van der Waals surface area contributed by atoms with Crippen LogP contribution in [0, 0.1) is 11.8 Å². The third-order valence-corrected chi connectivity index (χ3v) is 7.26. The monoisotopic (exact) mass is 357 g/mol.